The van der Waals surface area contributed by atoms with Gasteiger partial charge in [-0.15, -0.1) is 0 Å². The number of nitrogens with zero attached hydrogens (tertiary/aromatic N) is 1. The van der Waals surface area contributed by atoms with Crippen molar-refractivity contribution in [2.75, 3.05) is 11.6 Å². The molecule has 2 nitrogen and oxygen atoms in total. The molecule has 1 heterocycles. The fourth-order valence-corrected chi connectivity index (χ4v) is 2.02. The van der Waals surface area contributed by atoms with Crippen LogP contribution in [0.5, 0.6) is 0 Å². The number of anilines is 1. The highest BCUT2D eigenvalue weighted by molar-refractivity contribution is 6.35. The van der Waals surface area contributed by atoms with Crippen molar-refractivity contribution in [1.29, 1.82) is 0 Å². The Labute approximate surface area is 80.8 Å². The van der Waals surface area contributed by atoms with Gasteiger partial charge in [0.2, 0.25) is 0 Å². The van der Waals surface area contributed by atoms with E-state index in [0.717, 1.165) is 24.2 Å². The van der Waals surface area contributed by atoms with Gasteiger partial charge in [-0.25, -0.2) is 5.84 Å². The number of hydrazine groups is 1. The van der Waals surface area contributed by atoms with Crippen LogP contribution in [-0.4, -0.2) is 6.54 Å². The van der Waals surface area contributed by atoms with Crippen molar-refractivity contribution in [3.05, 3.63) is 27.7 Å². The van der Waals surface area contributed by atoms with Crippen LogP contribution in [0.2, 0.25) is 10.0 Å². The second kappa shape index (κ2) is 2.80. The normalized spacial score (nSPS) is 15.1. The van der Waals surface area contributed by atoms with Crippen LogP contribution in [0.3, 0.4) is 0 Å². The lowest BCUT2D eigenvalue weighted by Crippen LogP contribution is -2.27. The van der Waals surface area contributed by atoms with Gasteiger partial charge in [-0.1, -0.05) is 23.2 Å². The van der Waals surface area contributed by atoms with Crippen molar-refractivity contribution >= 4 is 28.9 Å². The maximum absolute atomic E-state index is 5.97. The maximum atomic E-state index is 5.97. The summed E-state index contributed by atoms with van der Waals surface area (Å²) in [7, 11) is 0. The summed E-state index contributed by atoms with van der Waals surface area (Å²) in [4.78, 5) is 0. The highest BCUT2D eigenvalue weighted by Crippen LogP contribution is 2.34. The van der Waals surface area contributed by atoms with E-state index in [2.05, 4.69) is 0 Å². The van der Waals surface area contributed by atoms with Crippen LogP contribution < -0.4 is 10.9 Å². The van der Waals surface area contributed by atoms with Gasteiger partial charge in [0.1, 0.15) is 0 Å². The molecule has 0 aromatic heterocycles. The summed E-state index contributed by atoms with van der Waals surface area (Å²) < 4.78 is 0. The fraction of sp³-hybridized carbons (Fsp3) is 0.250. The van der Waals surface area contributed by atoms with Crippen LogP contribution in [0.1, 0.15) is 5.56 Å². The summed E-state index contributed by atoms with van der Waals surface area (Å²) in [5, 5.41) is 3.02. The van der Waals surface area contributed by atoms with Crippen LogP contribution in [0, 0.1) is 0 Å². The van der Waals surface area contributed by atoms with Gasteiger partial charge < -0.3 is 5.01 Å². The number of benzene rings is 1. The zero-order chi connectivity index (χ0) is 8.72. The summed E-state index contributed by atoms with van der Waals surface area (Å²) in [6.45, 7) is 0.815. The molecule has 4 heteroatoms. The Morgan fingerprint density at radius 3 is 2.83 bits per heavy atom. The summed E-state index contributed by atoms with van der Waals surface area (Å²) in [5.74, 6) is 5.70. The minimum Gasteiger partial charge on any atom is -0.310 e. The van der Waals surface area contributed by atoms with Gasteiger partial charge in [-0.2, -0.15) is 0 Å². The monoisotopic (exact) mass is 202 g/mol. The number of hydrogen-bond donors (Lipinski definition) is 1. The molecule has 0 fully saturated rings. The maximum Gasteiger partial charge on any atom is 0.0579 e. The smallest absolute Gasteiger partial charge is 0.0579 e. The Balaban J connectivity index is 2.60. The Bertz CT molecular complexity index is 325. The summed E-state index contributed by atoms with van der Waals surface area (Å²) >= 11 is 11.8. The number of halogens is 2. The molecule has 0 spiro atoms. The number of rotatable bonds is 0. The first-order valence-electron chi connectivity index (χ1n) is 3.68. The minimum atomic E-state index is 0.635. The molecule has 0 amide bonds. The van der Waals surface area contributed by atoms with Gasteiger partial charge in [-0.05, 0) is 24.1 Å². The molecule has 64 valence electrons. The molecule has 1 aromatic carbocycles. The topological polar surface area (TPSA) is 29.3 Å². The van der Waals surface area contributed by atoms with Crippen LogP contribution in [0.4, 0.5) is 5.69 Å². The second-order valence-corrected chi connectivity index (χ2v) is 3.67. The first kappa shape index (κ1) is 8.17. The van der Waals surface area contributed by atoms with Crippen LogP contribution in [0.15, 0.2) is 12.1 Å². The van der Waals surface area contributed by atoms with Gasteiger partial charge in [0.05, 0.1) is 5.69 Å². The Morgan fingerprint density at radius 1 is 1.33 bits per heavy atom. The fourth-order valence-electron chi connectivity index (χ4n) is 1.45. The molecule has 0 atom stereocenters. The van der Waals surface area contributed by atoms with Crippen molar-refractivity contribution in [2.24, 2.45) is 5.84 Å². The molecule has 0 bridgehead atoms. The molecule has 0 aliphatic carbocycles. The summed E-state index contributed by atoms with van der Waals surface area (Å²) in [6.07, 6.45) is 0.905. The van der Waals surface area contributed by atoms with E-state index in [0.29, 0.717) is 10.0 Å². The molecule has 1 aromatic rings. The number of nitrogens with two attached hydrogens (primary N) is 1. The molecule has 0 saturated heterocycles. The molecule has 1 aliphatic heterocycles. The third-order valence-corrected chi connectivity index (χ3v) is 2.60. The van der Waals surface area contributed by atoms with Crippen molar-refractivity contribution in [1.82, 2.24) is 0 Å². The SMILES string of the molecule is NN1CCc2c(Cl)cc(Cl)cc21. The van der Waals surface area contributed by atoms with Gasteiger partial charge in [-0.3, -0.25) is 0 Å². The summed E-state index contributed by atoms with van der Waals surface area (Å²) in [5.41, 5.74) is 2.05. The van der Waals surface area contributed by atoms with Gasteiger partial charge in [0, 0.05) is 16.6 Å². The largest absolute Gasteiger partial charge is 0.310 e. The molecular weight excluding hydrogens is 195 g/mol. The van der Waals surface area contributed by atoms with E-state index in [1.807, 2.05) is 6.07 Å². The van der Waals surface area contributed by atoms with E-state index in [9.17, 15) is 0 Å². The quantitative estimate of drug-likeness (QED) is 0.655. The molecule has 2 rings (SSSR count). The molecule has 1 aliphatic rings. The highest BCUT2D eigenvalue weighted by Gasteiger charge is 2.19. The summed E-state index contributed by atoms with van der Waals surface area (Å²) in [6, 6.07) is 3.59. The van der Waals surface area contributed by atoms with Crippen molar-refractivity contribution in [2.45, 2.75) is 6.42 Å². The van der Waals surface area contributed by atoms with E-state index in [4.69, 9.17) is 29.0 Å². The van der Waals surface area contributed by atoms with E-state index >= 15 is 0 Å². The predicted octanol–water partition coefficient (Wildman–Crippen LogP) is 2.23. The third kappa shape index (κ3) is 1.16. The molecular formula is C8H8Cl2N2. The minimum absolute atomic E-state index is 0.635. The predicted molar refractivity (Wildman–Crippen MR) is 51.7 cm³/mol. The van der Waals surface area contributed by atoms with Gasteiger partial charge in [0.25, 0.3) is 0 Å². The average molecular weight is 203 g/mol. The lowest BCUT2D eigenvalue weighted by Gasteiger charge is -2.11. The van der Waals surface area contributed by atoms with Crippen LogP contribution in [0.25, 0.3) is 0 Å². The van der Waals surface area contributed by atoms with Gasteiger partial charge >= 0.3 is 0 Å². The Hall–Kier alpha value is -0.440. The van der Waals surface area contributed by atoms with Crippen LogP contribution in [-0.2, 0) is 6.42 Å². The van der Waals surface area contributed by atoms with Crippen LogP contribution >= 0.6 is 23.2 Å². The first-order chi connectivity index (χ1) is 5.68. The lowest BCUT2D eigenvalue weighted by molar-refractivity contribution is 0.891. The van der Waals surface area contributed by atoms with Crippen molar-refractivity contribution in [3.8, 4) is 0 Å². The Morgan fingerprint density at radius 2 is 2.08 bits per heavy atom. The Kier molecular flexibility index (Phi) is 1.91. The van der Waals surface area contributed by atoms with Crippen molar-refractivity contribution in [3.63, 3.8) is 0 Å². The number of hydrogen-bond acceptors (Lipinski definition) is 2. The number of fused-ring (bicyclic) bond motifs is 1. The highest BCUT2D eigenvalue weighted by atomic mass is 35.5. The second-order valence-electron chi connectivity index (χ2n) is 2.83. The zero-order valence-electron chi connectivity index (χ0n) is 6.35. The standard InChI is InChI=1S/C8H8Cl2N2/c9-5-3-7(10)6-1-2-12(11)8(6)4-5/h3-4H,1-2,11H2. The van der Waals surface area contributed by atoms with Gasteiger partial charge in [0.15, 0.2) is 0 Å². The average Bonchev–Trinajstić information content (AvgIpc) is 2.33. The van der Waals surface area contributed by atoms with Crippen molar-refractivity contribution < 1.29 is 0 Å². The van der Waals surface area contributed by atoms with E-state index < -0.39 is 0 Å². The first-order valence-corrected chi connectivity index (χ1v) is 4.44. The molecule has 0 radical (unpaired) electrons. The molecule has 2 N–H and O–H groups in total. The van der Waals surface area contributed by atoms with E-state index in [1.54, 1.807) is 11.1 Å². The molecule has 0 saturated carbocycles. The third-order valence-electron chi connectivity index (χ3n) is 2.05. The zero-order valence-corrected chi connectivity index (χ0v) is 7.86. The van der Waals surface area contributed by atoms with E-state index in [-0.39, 0.29) is 0 Å². The van der Waals surface area contributed by atoms with E-state index in [1.165, 1.54) is 0 Å². The molecule has 0 unspecified atom stereocenters. The molecule has 12 heavy (non-hydrogen) atoms. The lowest BCUT2D eigenvalue weighted by atomic mass is 10.2.